The van der Waals surface area contributed by atoms with Crippen molar-refractivity contribution in [1.82, 2.24) is 5.32 Å². The number of hydrogen-bond donors (Lipinski definition) is 1. The third-order valence-electron chi connectivity index (χ3n) is 4.97. The van der Waals surface area contributed by atoms with Crippen molar-refractivity contribution in [2.24, 2.45) is 0 Å². The van der Waals surface area contributed by atoms with E-state index >= 15 is 0 Å². The summed E-state index contributed by atoms with van der Waals surface area (Å²) < 4.78 is 41.9. The van der Waals surface area contributed by atoms with Gasteiger partial charge in [-0.1, -0.05) is 6.07 Å². The van der Waals surface area contributed by atoms with Crippen molar-refractivity contribution in [1.29, 1.82) is 0 Å². The van der Waals surface area contributed by atoms with Gasteiger partial charge in [-0.25, -0.2) is 8.42 Å². The van der Waals surface area contributed by atoms with Crippen LogP contribution in [0, 0.1) is 0 Å². The lowest BCUT2D eigenvalue weighted by Crippen LogP contribution is -2.32. The lowest BCUT2D eigenvalue weighted by atomic mass is 10.1. The summed E-state index contributed by atoms with van der Waals surface area (Å²) in [5.74, 6) is 1.87. The molecule has 168 valence electrons. The van der Waals surface area contributed by atoms with Crippen molar-refractivity contribution in [2.75, 3.05) is 37.4 Å². The zero-order valence-electron chi connectivity index (χ0n) is 18.0. The molecule has 9 heteroatoms. The summed E-state index contributed by atoms with van der Waals surface area (Å²) in [7, 11) is -1.93. The molecule has 0 radical (unpaired) electrons. The molecule has 1 aliphatic rings. The van der Waals surface area contributed by atoms with Crippen LogP contribution in [-0.4, -0.2) is 47.4 Å². The van der Waals surface area contributed by atoms with E-state index < -0.39 is 10.0 Å². The molecule has 0 aromatic heterocycles. The van der Waals surface area contributed by atoms with Gasteiger partial charge in [-0.3, -0.25) is 9.10 Å². The number of benzene rings is 2. The number of amides is 1. The number of fused-ring (bicyclic) bond motifs is 1. The molecule has 0 bridgehead atoms. The standard InChI is InChI=1S/C22H28N2O6S/c1-16(17-6-11-20-21(15-17)30-14-13-29-20)23-22(25)5-4-12-24(31(3,26)27)18-7-9-19(28-2)10-8-18/h6-11,15-16H,4-5,12-14H2,1-3H3,(H,23,25)/t16-/m0/s1. The molecular weight excluding hydrogens is 420 g/mol. The van der Waals surface area contributed by atoms with E-state index in [1.807, 2.05) is 25.1 Å². The lowest BCUT2D eigenvalue weighted by Gasteiger charge is -2.23. The Labute approximate surface area is 183 Å². The number of methoxy groups -OCH3 is 1. The van der Waals surface area contributed by atoms with E-state index in [0.29, 0.717) is 42.6 Å². The van der Waals surface area contributed by atoms with E-state index in [1.54, 1.807) is 31.4 Å². The topological polar surface area (TPSA) is 94.2 Å². The first kappa shape index (κ1) is 22.7. The van der Waals surface area contributed by atoms with E-state index in [-0.39, 0.29) is 24.9 Å². The molecule has 8 nitrogen and oxygen atoms in total. The summed E-state index contributed by atoms with van der Waals surface area (Å²) in [6.07, 6.45) is 1.75. The predicted octanol–water partition coefficient (Wildman–Crippen LogP) is 2.89. The molecular formula is C22H28N2O6S. The first-order valence-corrected chi connectivity index (χ1v) is 11.9. The van der Waals surface area contributed by atoms with E-state index in [4.69, 9.17) is 14.2 Å². The van der Waals surface area contributed by atoms with Gasteiger partial charge in [-0.05, 0) is 55.3 Å². The van der Waals surface area contributed by atoms with Crippen molar-refractivity contribution >= 4 is 21.6 Å². The highest BCUT2D eigenvalue weighted by molar-refractivity contribution is 7.92. The molecule has 1 heterocycles. The summed E-state index contributed by atoms with van der Waals surface area (Å²) >= 11 is 0. The number of ether oxygens (including phenoxy) is 3. The van der Waals surface area contributed by atoms with Crippen LogP contribution >= 0.6 is 0 Å². The van der Waals surface area contributed by atoms with Crippen molar-refractivity contribution < 1.29 is 27.4 Å². The van der Waals surface area contributed by atoms with Gasteiger partial charge < -0.3 is 19.5 Å². The molecule has 2 aromatic rings. The summed E-state index contributed by atoms with van der Waals surface area (Å²) in [6, 6.07) is 12.2. The smallest absolute Gasteiger partial charge is 0.232 e. The lowest BCUT2D eigenvalue weighted by molar-refractivity contribution is -0.121. The number of carbonyl (C=O) groups excluding carboxylic acids is 1. The predicted molar refractivity (Wildman–Crippen MR) is 118 cm³/mol. The van der Waals surface area contributed by atoms with Gasteiger partial charge in [0.2, 0.25) is 15.9 Å². The second-order valence-electron chi connectivity index (χ2n) is 7.33. The number of rotatable bonds is 9. The van der Waals surface area contributed by atoms with Gasteiger partial charge in [-0.15, -0.1) is 0 Å². The molecule has 0 saturated carbocycles. The minimum atomic E-state index is -3.48. The van der Waals surface area contributed by atoms with Gasteiger partial charge in [0.1, 0.15) is 19.0 Å². The van der Waals surface area contributed by atoms with Gasteiger partial charge in [0, 0.05) is 13.0 Å². The van der Waals surface area contributed by atoms with Crippen LogP contribution in [0.3, 0.4) is 0 Å². The second kappa shape index (κ2) is 9.91. The molecule has 1 amide bonds. The Balaban J connectivity index is 1.55. The summed E-state index contributed by atoms with van der Waals surface area (Å²) in [6.45, 7) is 3.13. The minimum absolute atomic E-state index is 0.148. The van der Waals surface area contributed by atoms with Crippen LogP contribution in [0.5, 0.6) is 17.2 Å². The average molecular weight is 449 g/mol. The minimum Gasteiger partial charge on any atom is -0.497 e. The fourth-order valence-corrected chi connectivity index (χ4v) is 4.31. The normalized spacial score (nSPS) is 13.9. The Kier molecular flexibility index (Phi) is 7.27. The average Bonchev–Trinajstić information content (AvgIpc) is 2.75. The number of anilines is 1. The molecule has 1 N–H and O–H groups in total. The summed E-state index contributed by atoms with van der Waals surface area (Å²) in [5, 5.41) is 2.95. The van der Waals surface area contributed by atoms with Crippen LogP contribution in [0.1, 0.15) is 31.4 Å². The Morgan fingerprint density at radius 2 is 1.81 bits per heavy atom. The SMILES string of the molecule is COc1ccc(N(CCCC(=O)N[C@@H](C)c2ccc3c(c2)OCCO3)S(C)(=O)=O)cc1. The molecule has 1 atom stereocenters. The molecule has 2 aromatic carbocycles. The third-order valence-corrected chi connectivity index (χ3v) is 6.16. The second-order valence-corrected chi connectivity index (χ2v) is 9.24. The van der Waals surface area contributed by atoms with E-state index in [1.165, 1.54) is 4.31 Å². The van der Waals surface area contributed by atoms with Crippen LogP contribution in [0.4, 0.5) is 5.69 Å². The van der Waals surface area contributed by atoms with Crippen LogP contribution in [0.15, 0.2) is 42.5 Å². The molecule has 0 unspecified atom stereocenters. The van der Waals surface area contributed by atoms with Gasteiger partial charge >= 0.3 is 0 Å². The van der Waals surface area contributed by atoms with Crippen LogP contribution in [0.2, 0.25) is 0 Å². The summed E-state index contributed by atoms with van der Waals surface area (Å²) in [4.78, 5) is 12.4. The molecule has 1 aliphatic heterocycles. The number of carbonyl (C=O) groups is 1. The molecule has 3 rings (SSSR count). The molecule has 0 aliphatic carbocycles. The van der Waals surface area contributed by atoms with Crippen molar-refractivity contribution in [3.05, 3.63) is 48.0 Å². The van der Waals surface area contributed by atoms with Crippen LogP contribution in [0.25, 0.3) is 0 Å². The molecule has 0 saturated heterocycles. The Hall–Kier alpha value is -2.94. The van der Waals surface area contributed by atoms with E-state index in [0.717, 1.165) is 11.8 Å². The first-order chi connectivity index (χ1) is 14.8. The fourth-order valence-electron chi connectivity index (χ4n) is 3.34. The number of nitrogens with one attached hydrogen (secondary N) is 1. The van der Waals surface area contributed by atoms with E-state index in [2.05, 4.69) is 5.32 Å². The maximum atomic E-state index is 12.4. The highest BCUT2D eigenvalue weighted by Crippen LogP contribution is 2.32. The van der Waals surface area contributed by atoms with Crippen LogP contribution < -0.4 is 23.8 Å². The van der Waals surface area contributed by atoms with Crippen molar-refractivity contribution in [3.8, 4) is 17.2 Å². The zero-order valence-corrected chi connectivity index (χ0v) is 18.8. The third kappa shape index (κ3) is 6.04. The molecule has 0 spiro atoms. The largest absolute Gasteiger partial charge is 0.497 e. The number of hydrogen-bond acceptors (Lipinski definition) is 6. The van der Waals surface area contributed by atoms with Gasteiger partial charge in [-0.2, -0.15) is 0 Å². The van der Waals surface area contributed by atoms with Gasteiger partial charge in [0.15, 0.2) is 11.5 Å². The van der Waals surface area contributed by atoms with Crippen molar-refractivity contribution in [2.45, 2.75) is 25.8 Å². The Morgan fingerprint density at radius 1 is 1.13 bits per heavy atom. The molecule has 31 heavy (non-hydrogen) atoms. The van der Waals surface area contributed by atoms with E-state index in [9.17, 15) is 13.2 Å². The number of nitrogens with zero attached hydrogens (tertiary/aromatic N) is 1. The zero-order chi connectivity index (χ0) is 22.4. The first-order valence-electron chi connectivity index (χ1n) is 10.1. The Bertz CT molecular complexity index is 1010. The summed E-state index contributed by atoms with van der Waals surface area (Å²) in [5.41, 5.74) is 1.45. The monoisotopic (exact) mass is 448 g/mol. The maximum absolute atomic E-state index is 12.4. The van der Waals surface area contributed by atoms with Gasteiger partial charge in [0.25, 0.3) is 0 Å². The highest BCUT2D eigenvalue weighted by Gasteiger charge is 2.19. The highest BCUT2D eigenvalue weighted by atomic mass is 32.2. The van der Waals surface area contributed by atoms with Gasteiger partial charge in [0.05, 0.1) is 25.1 Å². The molecule has 0 fully saturated rings. The maximum Gasteiger partial charge on any atom is 0.232 e. The fraction of sp³-hybridized carbons (Fsp3) is 0.409. The number of sulfonamides is 1. The van der Waals surface area contributed by atoms with Crippen LogP contribution in [-0.2, 0) is 14.8 Å². The quantitative estimate of drug-likeness (QED) is 0.634. The Morgan fingerprint density at radius 3 is 2.45 bits per heavy atom. The van der Waals surface area contributed by atoms with Crippen molar-refractivity contribution in [3.63, 3.8) is 0 Å².